The fourth-order valence-corrected chi connectivity index (χ4v) is 4.82. The number of ketones is 1. The largest absolute Gasteiger partial charge is 0.430 e. The van der Waals surface area contributed by atoms with Gasteiger partial charge in [-0.2, -0.15) is 0 Å². The highest BCUT2D eigenvalue weighted by Gasteiger charge is 2.45. The summed E-state index contributed by atoms with van der Waals surface area (Å²) in [5.41, 5.74) is 9.11. The molecule has 0 fully saturated rings. The molecule has 1 aliphatic heterocycles. The third-order valence-electron chi connectivity index (χ3n) is 6.31. The number of allylic oxidation sites excluding steroid dienone is 2. The number of aromatic nitrogens is 4. The number of nitrogens with two attached hydrogens (primary N) is 1. The number of imidazole rings is 1. The minimum absolute atomic E-state index is 0.130. The van der Waals surface area contributed by atoms with Crippen molar-refractivity contribution in [1.82, 2.24) is 14.5 Å². The molecule has 0 unspecified atom stereocenters. The molecule has 3 aromatic rings. The molecule has 2 aliphatic rings. The van der Waals surface area contributed by atoms with Gasteiger partial charge in [-0.3, -0.25) is 4.79 Å². The van der Waals surface area contributed by atoms with Crippen molar-refractivity contribution < 1.29 is 14.1 Å². The minimum Gasteiger partial charge on any atom is -0.430 e. The summed E-state index contributed by atoms with van der Waals surface area (Å²) in [6, 6.07) is 10.1. The first-order chi connectivity index (χ1) is 15.4. The molecule has 0 radical (unpaired) electrons. The van der Waals surface area contributed by atoms with Gasteiger partial charge in [0.1, 0.15) is 11.3 Å². The molecule has 0 spiro atoms. The third kappa shape index (κ3) is 3.68. The molecule has 1 aromatic carbocycles. The zero-order chi connectivity index (χ0) is 22.3. The predicted octanol–water partition coefficient (Wildman–Crippen LogP) is 3.41. The van der Waals surface area contributed by atoms with Gasteiger partial charge < -0.3 is 15.0 Å². The maximum atomic E-state index is 13.3. The second kappa shape index (κ2) is 7.89. The van der Waals surface area contributed by atoms with Crippen LogP contribution < -0.4 is 15.0 Å². The van der Waals surface area contributed by atoms with Gasteiger partial charge in [0.25, 0.3) is 0 Å². The number of Topliss-reactive ketones (excluding diaryl/α,β-unsaturated/α-hetero) is 1. The van der Waals surface area contributed by atoms with Crippen LogP contribution in [0.2, 0.25) is 0 Å². The lowest BCUT2D eigenvalue weighted by Crippen LogP contribution is -2.41. The van der Waals surface area contributed by atoms with E-state index < -0.39 is 0 Å². The Labute approximate surface area is 187 Å². The summed E-state index contributed by atoms with van der Waals surface area (Å²) < 4.78 is 10.2. The van der Waals surface area contributed by atoms with Crippen molar-refractivity contribution in [1.29, 1.82) is 0 Å². The van der Waals surface area contributed by atoms with Crippen LogP contribution in [-0.2, 0) is 17.9 Å². The van der Waals surface area contributed by atoms with E-state index in [0.29, 0.717) is 31.1 Å². The Morgan fingerprint density at radius 2 is 2.06 bits per heavy atom. The smallest absolute Gasteiger partial charge is 0.305 e. The zero-order valence-electron chi connectivity index (χ0n) is 18.5. The van der Waals surface area contributed by atoms with Gasteiger partial charge in [0, 0.05) is 37.4 Å². The van der Waals surface area contributed by atoms with E-state index in [1.165, 1.54) is 0 Å². The molecule has 164 valence electrons. The van der Waals surface area contributed by atoms with Gasteiger partial charge in [-0.25, -0.2) is 9.55 Å². The van der Waals surface area contributed by atoms with E-state index in [1.807, 2.05) is 52.0 Å². The van der Waals surface area contributed by atoms with E-state index in [4.69, 9.17) is 10.5 Å². The van der Waals surface area contributed by atoms with Crippen molar-refractivity contribution in [2.75, 3.05) is 5.73 Å². The summed E-state index contributed by atoms with van der Waals surface area (Å²) in [4.78, 5) is 22.0. The Bertz CT molecular complexity index is 1180. The Morgan fingerprint density at radius 3 is 2.81 bits per heavy atom. The maximum absolute atomic E-state index is 13.3. The van der Waals surface area contributed by atoms with Crippen LogP contribution in [0.15, 0.2) is 66.7 Å². The number of benzene rings is 1. The summed E-state index contributed by atoms with van der Waals surface area (Å²) in [7, 11) is 0. The predicted molar refractivity (Wildman–Crippen MR) is 120 cm³/mol. The molecule has 0 saturated carbocycles. The first-order valence-electron chi connectivity index (χ1n) is 11.1. The maximum Gasteiger partial charge on any atom is 0.305 e. The van der Waals surface area contributed by atoms with E-state index in [-0.39, 0.29) is 17.1 Å². The number of carbonyl (C=O) groups is 1. The Hall–Kier alpha value is -3.48. The number of hydrogen-bond donors (Lipinski definition) is 1. The molecule has 0 amide bonds. The molecule has 1 atom stereocenters. The van der Waals surface area contributed by atoms with E-state index >= 15 is 0 Å². The first-order valence-corrected chi connectivity index (χ1v) is 11.1. The molecule has 0 saturated heterocycles. The van der Waals surface area contributed by atoms with Gasteiger partial charge in [-0.15, -0.1) is 0 Å². The molecule has 32 heavy (non-hydrogen) atoms. The lowest BCUT2D eigenvalue weighted by Gasteiger charge is -2.37. The van der Waals surface area contributed by atoms with Crippen molar-refractivity contribution in [2.24, 2.45) is 5.41 Å². The lowest BCUT2D eigenvalue weighted by molar-refractivity contribution is -0.686. The summed E-state index contributed by atoms with van der Waals surface area (Å²) in [6.07, 6.45) is 9.36. The number of rotatable bonds is 5. The Kier molecular flexibility index (Phi) is 5.04. The van der Waals surface area contributed by atoms with Gasteiger partial charge >= 0.3 is 5.88 Å². The number of nitrogen functional groups attached to an aromatic ring is 1. The molecule has 7 nitrogen and oxygen atoms in total. The van der Waals surface area contributed by atoms with Crippen LogP contribution in [0.4, 0.5) is 5.82 Å². The fourth-order valence-electron chi connectivity index (χ4n) is 4.82. The Balaban J connectivity index is 1.55. The van der Waals surface area contributed by atoms with Gasteiger partial charge in [0.05, 0.1) is 18.8 Å². The molecule has 2 N–H and O–H groups in total. The van der Waals surface area contributed by atoms with E-state index in [2.05, 4.69) is 23.8 Å². The number of ether oxygens (including phenoxy) is 1. The average molecular weight is 431 g/mol. The number of hydrogen-bond acceptors (Lipinski definition) is 5. The van der Waals surface area contributed by atoms with Crippen LogP contribution in [0.5, 0.6) is 5.88 Å². The van der Waals surface area contributed by atoms with Crippen molar-refractivity contribution in [3.8, 4) is 5.88 Å². The lowest BCUT2D eigenvalue weighted by atomic mass is 9.70. The van der Waals surface area contributed by atoms with Gasteiger partial charge in [0.15, 0.2) is 5.78 Å². The molecule has 1 aliphatic carbocycles. The van der Waals surface area contributed by atoms with Crippen LogP contribution in [0.25, 0.3) is 0 Å². The number of nitrogens with zero attached hydrogens (tertiary/aromatic N) is 4. The van der Waals surface area contributed by atoms with Crippen LogP contribution in [0.3, 0.4) is 0 Å². The standard InChI is InChI=1S/C25H27N5O2/c1-25(2)13-18(31)21-19(14-25)32-24-22(20(21)17-7-4-3-5-8-17)23(26)30(16-28-24)11-6-10-29-12-9-27-15-29/h3-5,7-9,12,15-16,20,26H,6,10-11,13-14H2,1-2H3/p+1/t20-/m1/s1. The summed E-state index contributed by atoms with van der Waals surface area (Å²) in [5, 5.41) is 0. The zero-order valence-corrected chi connectivity index (χ0v) is 18.5. The van der Waals surface area contributed by atoms with Crippen LogP contribution in [0, 0.1) is 5.41 Å². The fraction of sp³-hybridized carbons (Fsp3) is 0.360. The summed E-state index contributed by atoms with van der Waals surface area (Å²) in [6.45, 7) is 5.75. The van der Waals surface area contributed by atoms with E-state index in [0.717, 1.165) is 35.4 Å². The normalized spacial score (nSPS) is 19.3. The molecular formula is C25H28N5O2+. The molecule has 7 heteroatoms. The molecule has 0 bridgehead atoms. The van der Waals surface area contributed by atoms with Crippen LogP contribution in [0.1, 0.15) is 50.2 Å². The molecule has 5 rings (SSSR count). The summed E-state index contributed by atoms with van der Waals surface area (Å²) in [5.74, 6) is 1.69. The second-order valence-electron chi connectivity index (χ2n) is 9.42. The van der Waals surface area contributed by atoms with Crippen molar-refractivity contribution in [2.45, 2.75) is 52.1 Å². The van der Waals surface area contributed by atoms with Gasteiger partial charge in [-0.1, -0.05) is 49.2 Å². The van der Waals surface area contributed by atoms with Crippen molar-refractivity contribution >= 4 is 11.6 Å². The van der Waals surface area contributed by atoms with Crippen LogP contribution >= 0.6 is 0 Å². The number of carbonyl (C=O) groups excluding carboxylic acids is 1. The van der Waals surface area contributed by atoms with Gasteiger partial charge in [0.2, 0.25) is 12.1 Å². The molecular weight excluding hydrogens is 402 g/mol. The quantitative estimate of drug-likeness (QED) is 0.627. The second-order valence-corrected chi connectivity index (χ2v) is 9.42. The highest BCUT2D eigenvalue weighted by Crippen LogP contribution is 2.50. The minimum atomic E-state index is -0.271. The Morgan fingerprint density at radius 1 is 1.25 bits per heavy atom. The van der Waals surface area contributed by atoms with E-state index in [1.54, 1.807) is 12.5 Å². The van der Waals surface area contributed by atoms with Crippen LogP contribution in [-0.4, -0.2) is 20.3 Å². The molecule has 3 heterocycles. The summed E-state index contributed by atoms with van der Waals surface area (Å²) >= 11 is 0. The van der Waals surface area contributed by atoms with E-state index in [9.17, 15) is 4.79 Å². The third-order valence-corrected chi connectivity index (χ3v) is 6.31. The topological polar surface area (TPSA) is 86.9 Å². The highest BCUT2D eigenvalue weighted by atomic mass is 16.5. The number of anilines is 1. The SMILES string of the molecule is CC1(C)CC(=O)C2=C(C1)Oc1nc[n+](CCCn3ccnc3)c(N)c1[C@@H]2c1ccccc1. The monoisotopic (exact) mass is 430 g/mol. The molecule has 2 aromatic heterocycles. The average Bonchev–Trinajstić information content (AvgIpc) is 3.27. The number of aryl methyl sites for hydroxylation is 2. The van der Waals surface area contributed by atoms with Crippen molar-refractivity contribution in [3.63, 3.8) is 0 Å². The van der Waals surface area contributed by atoms with Crippen molar-refractivity contribution in [3.05, 3.63) is 77.8 Å². The van der Waals surface area contributed by atoms with Gasteiger partial charge in [-0.05, 0) is 17.4 Å². The highest BCUT2D eigenvalue weighted by molar-refractivity contribution is 6.00. The first kappa shape index (κ1) is 20.4. The number of fused-ring (bicyclic) bond motifs is 1.